The maximum Gasteiger partial charge on any atom is 0.224 e. The summed E-state index contributed by atoms with van der Waals surface area (Å²) >= 11 is 0. The van der Waals surface area contributed by atoms with Crippen LogP contribution in [0.4, 0.5) is 11.8 Å². The van der Waals surface area contributed by atoms with Gasteiger partial charge in [-0.05, 0) is 6.42 Å². The highest BCUT2D eigenvalue weighted by Crippen LogP contribution is 2.32. The summed E-state index contributed by atoms with van der Waals surface area (Å²) in [6.45, 7) is 0. The number of imidazole rings is 1. The first-order chi connectivity index (χ1) is 8.99. The van der Waals surface area contributed by atoms with Crippen molar-refractivity contribution in [1.82, 2.24) is 19.5 Å². The molecule has 9 nitrogen and oxygen atoms in total. The van der Waals surface area contributed by atoms with Gasteiger partial charge in [0.25, 0.3) is 0 Å². The molecule has 0 amide bonds. The van der Waals surface area contributed by atoms with Crippen molar-refractivity contribution in [2.24, 2.45) is 5.73 Å². The normalized spacial score (nSPS) is 31.1. The Labute approximate surface area is 108 Å². The van der Waals surface area contributed by atoms with Crippen LogP contribution < -0.4 is 17.2 Å². The molecule has 0 aromatic carbocycles. The van der Waals surface area contributed by atoms with Crippen LogP contribution in [0.25, 0.3) is 11.2 Å². The summed E-state index contributed by atoms with van der Waals surface area (Å²) < 4.78 is 1.63. The molecule has 1 saturated carbocycles. The minimum Gasteiger partial charge on any atom is -0.389 e. The summed E-state index contributed by atoms with van der Waals surface area (Å²) in [5.74, 6) is 0.211. The number of nitrogen functional groups attached to an aromatic ring is 2. The van der Waals surface area contributed by atoms with E-state index in [4.69, 9.17) is 17.2 Å². The van der Waals surface area contributed by atoms with E-state index in [-0.39, 0.29) is 11.8 Å². The van der Waals surface area contributed by atoms with Crippen LogP contribution in [0.15, 0.2) is 6.33 Å². The van der Waals surface area contributed by atoms with Crippen molar-refractivity contribution < 1.29 is 10.2 Å². The Bertz CT molecular complexity index is 628. The van der Waals surface area contributed by atoms with Gasteiger partial charge in [0.15, 0.2) is 11.5 Å². The Kier molecular flexibility index (Phi) is 2.55. The number of anilines is 2. The summed E-state index contributed by atoms with van der Waals surface area (Å²) in [7, 11) is 0. The van der Waals surface area contributed by atoms with Crippen molar-refractivity contribution >= 4 is 22.9 Å². The number of nitrogens with zero attached hydrogens (tertiary/aromatic N) is 4. The summed E-state index contributed by atoms with van der Waals surface area (Å²) in [6.07, 6.45) is -0.0467. The number of aromatic nitrogens is 4. The monoisotopic (exact) mass is 265 g/mol. The number of aliphatic hydroxyl groups excluding tert-OH is 2. The molecule has 102 valence electrons. The van der Waals surface area contributed by atoms with Gasteiger partial charge in [0.1, 0.15) is 11.6 Å². The van der Waals surface area contributed by atoms with Crippen LogP contribution in [-0.2, 0) is 0 Å². The van der Waals surface area contributed by atoms with Crippen LogP contribution in [0.5, 0.6) is 0 Å². The van der Waals surface area contributed by atoms with Gasteiger partial charge in [-0.15, -0.1) is 0 Å². The third-order valence-corrected chi connectivity index (χ3v) is 3.52. The largest absolute Gasteiger partial charge is 0.389 e. The van der Waals surface area contributed by atoms with E-state index >= 15 is 0 Å². The molecule has 0 saturated heterocycles. The van der Waals surface area contributed by atoms with E-state index in [1.165, 1.54) is 6.33 Å². The van der Waals surface area contributed by atoms with Crippen molar-refractivity contribution in [3.8, 4) is 0 Å². The second-order valence-corrected chi connectivity index (χ2v) is 4.74. The minimum atomic E-state index is -0.982. The van der Waals surface area contributed by atoms with Gasteiger partial charge in [-0.3, -0.25) is 0 Å². The Morgan fingerprint density at radius 1 is 1.21 bits per heavy atom. The van der Waals surface area contributed by atoms with Crippen molar-refractivity contribution in [2.75, 3.05) is 11.5 Å². The van der Waals surface area contributed by atoms with E-state index in [0.29, 0.717) is 17.6 Å². The molecule has 2 heterocycles. The van der Waals surface area contributed by atoms with Gasteiger partial charge in [-0.25, -0.2) is 4.98 Å². The third-order valence-electron chi connectivity index (χ3n) is 3.52. The molecule has 2 aromatic rings. The average molecular weight is 265 g/mol. The molecule has 0 unspecified atom stereocenters. The minimum absolute atomic E-state index is 0.0316. The number of nitrogens with two attached hydrogens (primary N) is 3. The third kappa shape index (κ3) is 1.70. The summed E-state index contributed by atoms with van der Waals surface area (Å²) in [5, 5.41) is 19.7. The fraction of sp³-hybridized carbons (Fsp3) is 0.500. The van der Waals surface area contributed by atoms with E-state index < -0.39 is 24.3 Å². The first kappa shape index (κ1) is 12.1. The smallest absolute Gasteiger partial charge is 0.224 e. The van der Waals surface area contributed by atoms with Gasteiger partial charge in [0.05, 0.1) is 18.5 Å². The molecule has 1 aliphatic rings. The molecule has 0 aliphatic heterocycles. The molecule has 2 aromatic heterocycles. The van der Waals surface area contributed by atoms with Crippen LogP contribution in [0.2, 0.25) is 0 Å². The zero-order chi connectivity index (χ0) is 13.7. The highest BCUT2D eigenvalue weighted by molar-refractivity contribution is 5.82. The number of hydrogen-bond donors (Lipinski definition) is 5. The maximum atomic E-state index is 10.0. The van der Waals surface area contributed by atoms with Gasteiger partial charge >= 0.3 is 0 Å². The number of hydrogen-bond acceptors (Lipinski definition) is 8. The highest BCUT2D eigenvalue weighted by Gasteiger charge is 2.41. The van der Waals surface area contributed by atoms with Crippen molar-refractivity contribution in [2.45, 2.75) is 30.7 Å². The molecule has 19 heavy (non-hydrogen) atoms. The molecule has 3 rings (SSSR count). The van der Waals surface area contributed by atoms with E-state index in [1.807, 2.05) is 0 Å². The van der Waals surface area contributed by atoms with E-state index in [0.717, 1.165) is 0 Å². The number of aliphatic hydroxyl groups is 2. The molecule has 9 heteroatoms. The molecule has 8 N–H and O–H groups in total. The Morgan fingerprint density at radius 2 is 1.95 bits per heavy atom. The Morgan fingerprint density at radius 3 is 2.58 bits per heavy atom. The molecule has 1 fully saturated rings. The molecule has 0 radical (unpaired) electrons. The van der Waals surface area contributed by atoms with Gasteiger partial charge in [-0.1, -0.05) is 0 Å². The predicted molar refractivity (Wildman–Crippen MR) is 67.8 cm³/mol. The number of rotatable bonds is 1. The van der Waals surface area contributed by atoms with Crippen molar-refractivity contribution in [1.29, 1.82) is 0 Å². The second-order valence-electron chi connectivity index (χ2n) is 4.74. The molecule has 0 spiro atoms. The van der Waals surface area contributed by atoms with Gasteiger partial charge in [0.2, 0.25) is 5.95 Å². The lowest BCUT2D eigenvalue weighted by molar-refractivity contribution is 0.0187. The lowest BCUT2D eigenvalue weighted by Crippen LogP contribution is -2.35. The van der Waals surface area contributed by atoms with Gasteiger partial charge < -0.3 is 32.0 Å². The van der Waals surface area contributed by atoms with Crippen molar-refractivity contribution in [3.05, 3.63) is 6.33 Å². The predicted octanol–water partition coefficient (Wildman–Crippen LogP) is -2.02. The summed E-state index contributed by atoms with van der Waals surface area (Å²) in [4.78, 5) is 12.0. The number of fused-ring (bicyclic) bond motifs is 1. The zero-order valence-electron chi connectivity index (χ0n) is 10.0. The first-order valence-corrected chi connectivity index (χ1v) is 5.86. The Hall–Kier alpha value is -1.97. The molecular weight excluding hydrogens is 250 g/mol. The maximum absolute atomic E-state index is 10.0. The van der Waals surface area contributed by atoms with Crippen LogP contribution in [0.1, 0.15) is 12.5 Å². The van der Waals surface area contributed by atoms with Gasteiger partial charge in [0, 0.05) is 6.04 Å². The lowest BCUT2D eigenvalue weighted by atomic mass is 10.2. The summed E-state index contributed by atoms with van der Waals surface area (Å²) in [5.41, 5.74) is 17.9. The topological polar surface area (TPSA) is 162 Å². The molecule has 4 atom stereocenters. The van der Waals surface area contributed by atoms with E-state index in [2.05, 4.69) is 15.0 Å². The second kappa shape index (κ2) is 4.02. The van der Waals surface area contributed by atoms with E-state index in [1.54, 1.807) is 4.57 Å². The quantitative estimate of drug-likeness (QED) is 0.394. The molecule has 1 aliphatic carbocycles. The van der Waals surface area contributed by atoms with E-state index in [9.17, 15) is 10.2 Å². The van der Waals surface area contributed by atoms with Gasteiger partial charge in [-0.2, -0.15) is 9.97 Å². The molecule has 0 bridgehead atoms. The van der Waals surface area contributed by atoms with Crippen LogP contribution >= 0.6 is 0 Å². The summed E-state index contributed by atoms with van der Waals surface area (Å²) in [6, 6.07) is -0.905. The van der Waals surface area contributed by atoms with Crippen LogP contribution in [0.3, 0.4) is 0 Å². The average Bonchev–Trinajstić information content (AvgIpc) is 2.86. The lowest BCUT2D eigenvalue weighted by Gasteiger charge is -2.18. The first-order valence-electron chi connectivity index (χ1n) is 5.86. The standard InChI is InChI=1S/C10H15N7O2/c11-3-1-4(7(19)6(3)18)17-2-14-5-8(12)15-10(13)16-9(5)17/h2-4,6-7,18-19H,1,11H2,(H4,12,13,15,16)/t3-,4+,6+,7-/m0/s1. The zero-order valence-corrected chi connectivity index (χ0v) is 10.0. The molecular formula is C10H15N7O2. The van der Waals surface area contributed by atoms with Crippen LogP contribution in [-0.4, -0.2) is 48.0 Å². The van der Waals surface area contributed by atoms with Crippen LogP contribution in [0, 0.1) is 0 Å². The van der Waals surface area contributed by atoms with Crippen molar-refractivity contribution in [3.63, 3.8) is 0 Å². The highest BCUT2D eigenvalue weighted by atomic mass is 16.3. The fourth-order valence-corrected chi connectivity index (χ4v) is 2.52. The Balaban J connectivity index is 2.11. The SMILES string of the molecule is Nc1nc(N)c2ncn([C@@H]3C[C@H](N)[C@@H](O)[C@H]3O)c2n1. The fourth-order valence-electron chi connectivity index (χ4n) is 2.52.